The van der Waals surface area contributed by atoms with Gasteiger partial charge in [0.05, 0.1) is 31.9 Å². The largest absolute Gasteiger partial charge is 0.383 e. The highest BCUT2D eigenvalue weighted by Gasteiger charge is 2.37. The first-order chi connectivity index (χ1) is 15.0. The van der Waals surface area contributed by atoms with Gasteiger partial charge in [-0.05, 0) is 41.4 Å². The topological polar surface area (TPSA) is 115 Å². The van der Waals surface area contributed by atoms with Crippen LogP contribution in [0, 0.1) is 0 Å². The minimum absolute atomic E-state index is 0.0883. The standard InChI is InChI=1S/C20H31BrN6O4/c1-3-16(28)26-12-14(11-15(26)13-30-2)27-20(17(19(22)29)18(21)24-27)23-5-4-6-25-7-9-31-10-8-25/h3,14-15,23H,1,4-13H2,2H3,(H2,22,29)/t14-,15+/m0/s1. The van der Waals surface area contributed by atoms with Crippen molar-refractivity contribution in [3.05, 3.63) is 22.8 Å². The molecule has 0 aromatic carbocycles. The van der Waals surface area contributed by atoms with Gasteiger partial charge in [-0.3, -0.25) is 14.5 Å². The maximum absolute atomic E-state index is 12.3. The van der Waals surface area contributed by atoms with Crippen LogP contribution in [-0.2, 0) is 14.3 Å². The second-order valence-electron chi connectivity index (χ2n) is 7.75. The number of ether oxygens (including phenoxy) is 2. The van der Waals surface area contributed by atoms with Crippen LogP contribution in [0.25, 0.3) is 0 Å². The van der Waals surface area contributed by atoms with Gasteiger partial charge in [-0.15, -0.1) is 0 Å². The first-order valence-corrected chi connectivity index (χ1v) is 11.3. The number of nitrogens with one attached hydrogen (secondary N) is 1. The van der Waals surface area contributed by atoms with Gasteiger partial charge < -0.3 is 25.4 Å². The highest BCUT2D eigenvalue weighted by molar-refractivity contribution is 9.10. The predicted octanol–water partition coefficient (Wildman–Crippen LogP) is 0.853. The number of nitrogens with two attached hydrogens (primary N) is 1. The van der Waals surface area contributed by atoms with Crippen LogP contribution < -0.4 is 11.1 Å². The summed E-state index contributed by atoms with van der Waals surface area (Å²) in [6, 6.07) is -0.204. The molecule has 31 heavy (non-hydrogen) atoms. The number of primary amides is 1. The fourth-order valence-electron chi connectivity index (χ4n) is 4.20. The maximum Gasteiger partial charge on any atom is 0.255 e. The van der Waals surface area contributed by atoms with Gasteiger partial charge in [-0.25, -0.2) is 4.68 Å². The summed E-state index contributed by atoms with van der Waals surface area (Å²) in [6.45, 7) is 9.49. The Morgan fingerprint density at radius 1 is 1.42 bits per heavy atom. The fraction of sp³-hybridized carbons (Fsp3) is 0.650. The van der Waals surface area contributed by atoms with Gasteiger partial charge in [0.25, 0.3) is 5.91 Å². The maximum atomic E-state index is 12.3. The second kappa shape index (κ2) is 11.1. The zero-order chi connectivity index (χ0) is 22.4. The Labute approximate surface area is 190 Å². The van der Waals surface area contributed by atoms with Crippen LogP contribution in [0.3, 0.4) is 0 Å². The van der Waals surface area contributed by atoms with Crippen LogP contribution >= 0.6 is 15.9 Å². The molecular formula is C20H31BrN6O4. The molecule has 11 heteroatoms. The van der Waals surface area contributed by atoms with Crippen molar-refractivity contribution in [1.29, 1.82) is 0 Å². The number of rotatable bonds is 10. The summed E-state index contributed by atoms with van der Waals surface area (Å²) in [5.74, 6) is -0.124. The van der Waals surface area contributed by atoms with Crippen molar-refractivity contribution in [3.63, 3.8) is 0 Å². The van der Waals surface area contributed by atoms with E-state index >= 15 is 0 Å². The number of hydrogen-bond donors (Lipinski definition) is 2. The SMILES string of the molecule is C=CC(=O)N1C[C@@H](n2nc(Br)c(C(N)=O)c2NCCCN2CCOCC2)C[C@@H]1COC. The van der Waals surface area contributed by atoms with Gasteiger partial charge in [0.2, 0.25) is 5.91 Å². The third kappa shape index (κ3) is 5.65. The summed E-state index contributed by atoms with van der Waals surface area (Å²) in [5.41, 5.74) is 5.96. The number of halogens is 1. The number of anilines is 1. The van der Waals surface area contributed by atoms with Crippen molar-refractivity contribution in [3.8, 4) is 0 Å². The number of morpholine rings is 1. The Hall–Kier alpha value is -1.95. The number of carbonyl (C=O) groups excluding carboxylic acids is 2. The molecule has 10 nitrogen and oxygen atoms in total. The number of methoxy groups -OCH3 is 1. The van der Waals surface area contributed by atoms with Crippen LogP contribution in [0.2, 0.25) is 0 Å². The van der Waals surface area contributed by atoms with Gasteiger partial charge in [0.15, 0.2) is 0 Å². The van der Waals surface area contributed by atoms with Crippen LogP contribution in [0.5, 0.6) is 0 Å². The lowest BCUT2D eigenvalue weighted by Gasteiger charge is -2.26. The van der Waals surface area contributed by atoms with Crippen molar-refractivity contribution in [2.75, 3.05) is 65.0 Å². The van der Waals surface area contributed by atoms with E-state index in [-0.39, 0.29) is 18.0 Å². The number of likely N-dealkylation sites (tertiary alicyclic amines) is 1. The normalized spacial score (nSPS) is 21.9. The molecule has 2 saturated heterocycles. The molecule has 0 aliphatic carbocycles. The zero-order valence-corrected chi connectivity index (χ0v) is 19.5. The van der Waals surface area contributed by atoms with Crippen LogP contribution in [0.1, 0.15) is 29.2 Å². The van der Waals surface area contributed by atoms with Crippen LogP contribution in [0.4, 0.5) is 5.82 Å². The van der Waals surface area contributed by atoms with E-state index in [1.807, 2.05) is 0 Å². The molecule has 172 valence electrons. The number of amides is 2. The van der Waals surface area contributed by atoms with Crippen molar-refractivity contribution < 1.29 is 19.1 Å². The third-order valence-electron chi connectivity index (χ3n) is 5.72. The molecule has 3 N–H and O–H groups in total. The zero-order valence-electron chi connectivity index (χ0n) is 17.9. The van der Waals surface area contributed by atoms with Crippen molar-refractivity contribution in [1.82, 2.24) is 19.6 Å². The molecule has 0 saturated carbocycles. The van der Waals surface area contributed by atoms with Gasteiger partial charge in [-0.1, -0.05) is 6.58 Å². The van der Waals surface area contributed by atoms with E-state index in [1.165, 1.54) is 6.08 Å². The number of aromatic nitrogens is 2. The molecule has 2 fully saturated rings. The van der Waals surface area contributed by atoms with E-state index in [0.29, 0.717) is 42.1 Å². The van der Waals surface area contributed by atoms with Crippen molar-refractivity contribution >= 4 is 33.6 Å². The molecule has 0 unspecified atom stereocenters. The lowest BCUT2D eigenvalue weighted by Crippen LogP contribution is -2.37. The monoisotopic (exact) mass is 498 g/mol. The lowest BCUT2D eigenvalue weighted by molar-refractivity contribution is -0.127. The minimum Gasteiger partial charge on any atom is -0.383 e. The quantitative estimate of drug-likeness (QED) is 0.363. The van der Waals surface area contributed by atoms with Crippen LogP contribution in [0.15, 0.2) is 17.3 Å². The molecule has 0 radical (unpaired) electrons. The van der Waals surface area contributed by atoms with E-state index in [2.05, 4.69) is 37.8 Å². The Morgan fingerprint density at radius 3 is 2.81 bits per heavy atom. The second-order valence-corrected chi connectivity index (χ2v) is 8.50. The predicted molar refractivity (Wildman–Crippen MR) is 120 cm³/mol. The summed E-state index contributed by atoms with van der Waals surface area (Å²) in [6.07, 6.45) is 2.87. The summed E-state index contributed by atoms with van der Waals surface area (Å²) in [4.78, 5) is 28.5. The molecule has 0 spiro atoms. The van der Waals surface area contributed by atoms with Crippen LogP contribution in [-0.4, -0.2) is 97.1 Å². The molecule has 2 atom stereocenters. The molecule has 3 heterocycles. The average molecular weight is 499 g/mol. The highest BCUT2D eigenvalue weighted by atomic mass is 79.9. The summed E-state index contributed by atoms with van der Waals surface area (Å²) in [7, 11) is 1.61. The summed E-state index contributed by atoms with van der Waals surface area (Å²) < 4.78 is 12.9. The molecule has 2 amide bonds. The van der Waals surface area contributed by atoms with Crippen molar-refractivity contribution in [2.24, 2.45) is 5.73 Å². The molecule has 1 aromatic rings. The molecule has 2 aliphatic heterocycles. The third-order valence-corrected chi connectivity index (χ3v) is 6.27. The van der Waals surface area contributed by atoms with Gasteiger partial charge in [0.1, 0.15) is 16.0 Å². The molecule has 1 aromatic heterocycles. The summed E-state index contributed by atoms with van der Waals surface area (Å²) >= 11 is 3.37. The highest BCUT2D eigenvalue weighted by Crippen LogP contribution is 2.34. The van der Waals surface area contributed by atoms with E-state index in [0.717, 1.165) is 39.3 Å². The van der Waals surface area contributed by atoms with E-state index in [9.17, 15) is 9.59 Å². The first kappa shape index (κ1) is 23.7. The molecule has 2 aliphatic rings. The molecule has 3 rings (SSSR count). The van der Waals surface area contributed by atoms with Crippen molar-refractivity contribution in [2.45, 2.75) is 24.9 Å². The first-order valence-electron chi connectivity index (χ1n) is 10.5. The number of carbonyl (C=O) groups is 2. The number of hydrogen-bond acceptors (Lipinski definition) is 7. The molecule has 0 bridgehead atoms. The molecular weight excluding hydrogens is 468 g/mol. The Kier molecular flexibility index (Phi) is 8.47. The fourth-order valence-corrected chi connectivity index (χ4v) is 4.75. The van der Waals surface area contributed by atoms with E-state index in [4.69, 9.17) is 15.2 Å². The Morgan fingerprint density at radius 2 is 2.16 bits per heavy atom. The lowest BCUT2D eigenvalue weighted by atomic mass is 10.2. The number of nitrogens with zero attached hydrogens (tertiary/aromatic N) is 4. The van der Waals surface area contributed by atoms with Gasteiger partial charge in [-0.2, -0.15) is 5.10 Å². The smallest absolute Gasteiger partial charge is 0.255 e. The average Bonchev–Trinajstić information content (AvgIpc) is 3.32. The summed E-state index contributed by atoms with van der Waals surface area (Å²) in [5, 5.41) is 7.90. The Bertz CT molecular complexity index is 795. The minimum atomic E-state index is -0.556. The Balaban J connectivity index is 1.73. The van der Waals surface area contributed by atoms with E-state index < -0.39 is 5.91 Å². The van der Waals surface area contributed by atoms with Gasteiger partial charge in [0, 0.05) is 33.3 Å². The van der Waals surface area contributed by atoms with E-state index in [1.54, 1.807) is 16.7 Å². The van der Waals surface area contributed by atoms with Gasteiger partial charge >= 0.3 is 0 Å².